The van der Waals surface area contributed by atoms with Crippen LogP contribution in [0.15, 0.2) is 54.6 Å². The minimum atomic E-state index is -0.132. The normalized spacial score (nSPS) is 13.0. The molecule has 0 saturated carbocycles. The highest BCUT2D eigenvalue weighted by molar-refractivity contribution is 5.94. The number of nitrogens with one attached hydrogen (secondary N) is 1. The quantitative estimate of drug-likeness (QED) is 0.570. The summed E-state index contributed by atoms with van der Waals surface area (Å²) in [5.74, 6) is 0.730. The predicted molar refractivity (Wildman–Crippen MR) is 112 cm³/mol. The molecule has 5 rings (SSSR count). The topological polar surface area (TPSA) is 64.7 Å². The molecule has 29 heavy (non-hydrogen) atoms. The van der Waals surface area contributed by atoms with Gasteiger partial charge in [0.2, 0.25) is 0 Å². The zero-order valence-corrected chi connectivity index (χ0v) is 16.4. The zero-order chi connectivity index (χ0) is 19.8. The number of hydrogen-bond donors (Lipinski definition) is 1. The number of amides is 1. The molecule has 0 spiro atoms. The molecule has 0 bridgehead atoms. The van der Waals surface area contributed by atoms with Crippen molar-refractivity contribution in [1.29, 1.82) is 0 Å². The molecule has 0 unspecified atom stereocenters. The van der Waals surface area contributed by atoms with Crippen molar-refractivity contribution in [2.24, 2.45) is 0 Å². The van der Waals surface area contributed by atoms with Gasteiger partial charge in [0, 0.05) is 17.8 Å². The van der Waals surface area contributed by atoms with Crippen LogP contribution in [0.3, 0.4) is 0 Å². The van der Waals surface area contributed by atoms with Crippen LogP contribution in [0, 0.1) is 0 Å². The summed E-state index contributed by atoms with van der Waals surface area (Å²) in [6.07, 6.45) is 2.92. The highest BCUT2D eigenvalue weighted by atomic mass is 16.2. The van der Waals surface area contributed by atoms with Gasteiger partial charge in [-0.25, -0.2) is 9.67 Å². The van der Waals surface area contributed by atoms with Crippen LogP contribution in [0.5, 0.6) is 0 Å². The second kappa shape index (κ2) is 7.20. The maximum absolute atomic E-state index is 13.0. The third-order valence-corrected chi connectivity index (χ3v) is 5.60. The van der Waals surface area contributed by atoms with Gasteiger partial charge in [0.15, 0.2) is 5.69 Å². The monoisotopic (exact) mass is 385 g/mol. The summed E-state index contributed by atoms with van der Waals surface area (Å²) in [5.41, 5.74) is 5.82. The van der Waals surface area contributed by atoms with Crippen LogP contribution in [0.4, 0.5) is 0 Å². The Bertz CT molecular complexity index is 1190. The van der Waals surface area contributed by atoms with Crippen LogP contribution in [0.2, 0.25) is 0 Å². The van der Waals surface area contributed by atoms with Crippen molar-refractivity contribution in [3.05, 3.63) is 77.4 Å². The highest BCUT2D eigenvalue weighted by Crippen LogP contribution is 2.28. The molecule has 6 heteroatoms. The Kier molecular flexibility index (Phi) is 4.39. The number of aromatic nitrogens is 4. The van der Waals surface area contributed by atoms with E-state index in [0.29, 0.717) is 12.2 Å². The molecule has 2 aromatic carbocycles. The SMILES string of the molecule is CCn1c(CNC(=O)c2nn(-c3ccccc3)c3c2CCC3)nc2ccccc21. The lowest BCUT2D eigenvalue weighted by Gasteiger charge is -2.07. The highest BCUT2D eigenvalue weighted by Gasteiger charge is 2.27. The lowest BCUT2D eigenvalue weighted by molar-refractivity contribution is 0.0943. The average Bonchev–Trinajstić information content (AvgIpc) is 3.45. The summed E-state index contributed by atoms with van der Waals surface area (Å²) in [6, 6.07) is 18.1. The molecule has 1 N–H and O–H groups in total. The fraction of sp³-hybridized carbons (Fsp3) is 0.261. The molecule has 0 fully saturated rings. The second-order valence-electron chi connectivity index (χ2n) is 7.32. The standard InChI is InChI=1S/C23H23N5O/c1-2-27-20-13-7-6-12-18(20)25-21(27)15-24-23(29)22-17-11-8-14-19(17)28(26-22)16-9-4-3-5-10-16/h3-7,9-10,12-13H,2,8,11,14-15H2,1H3,(H,24,29). The molecule has 1 aliphatic rings. The molecule has 2 aromatic heterocycles. The number of carbonyl (C=O) groups excluding carboxylic acids is 1. The molecular formula is C23H23N5O. The molecule has 1 aliphatic carbocycles. The van der Waals surface area contributed by atoms with Crippen molar-refractivity contribution in [3.63, 3.8) is 0 Å². The van der Waals surface area contributed by atoms with Crippen molar-refractivity contribution >= 4 is 16.9 Å². The van der Waals surface area contributed by atoms with Crippen molar-refractivity contribution in [2.45, 2.75) is 39.3 Å². The first kappa shape index (κ1) is 17.7. The van der Waals surface area contributed by atoms with Gasteiger partial charge in [0.25, 0.3) is 5.91 Å². The molecule has 0 atom stereocenters. The summed E-state index contributed by atoms with van der Waals surface area (Å²) in [7, 11) is 0. The fourth-order valence-electron chi connectivity index (χ4n) is 4.26. The van der Waals surface area contributed by atoms with Gasteiger partial charge in [-0.3, -0.25) is 4.79 Å². The number of para-hydroxylation sites is 3. The Morgan fingerprint density at radius 1 is 1.07 bits per heavy atom. The van der Waals surface area contributed by atoms with Crippen molar-refractivity contribution in [3.8, 4) is 5.69 Å². The summed E-state index contributed by atoms with van der Waals surface area (Å²) in [5, 5.41) is 7.72. The molecule has 6 nitrogen and oxygen atoms in total. The van der Waals surface area contributed by atoms with Crippen LogP contribution >= 0.6 is 0 Å². The Morgan fingerprint density at radius 3 is 2.69 bits per heavy atom. The molecule has 2 heterocycles. The Morgan fingerprint density at radius 2 is 1.86 bits per heavy atom. The molecule has 0 saturated heterocycles. The predicted octanol–water partition coefficient (Wildman–Crippen LogP) is 3.66. The van der Waals surface area contributed by atoms with Crippen molar-refractivity contribution < 1.29 is 4.79 Å². The van der Waals surface area contributed by atoms with Gasteiger partial charge < -0.3 is 9.88 Å². The smallest absolute Gasteiger partial charge is 0.272 e. The van der Waals surface area contributed by atoms with E-state index in [1.54, 1.807) is 0 Å². The van der Waals surface area contributed by atoms with Crippen molar-refractivity contribution in [1.82, 2.24) is 24.6 Å². The van der Waals surface area contributed by atoms with E-state index in [9.17, 15) is 4.79 Å². The zero-order valence-electron chi connectivity index (χ0n) is 16.4. The number of carbonyl (C=O) groups is 1. The van der Waals surface area contributed by atoms with Gasteiger partial charge in [0.1, 0.15) is 5.82 Å². The first-order valence-electron chi connectivity index (χ1n) is 10.1. The minimum Gasteiger partial charge on any atom is -0.343 e. The molecule has 4 aromatic rings. The molecule has 0 aliphatic heterocycles. The lowest BCUT2D eigenvalue weighted by atomic mass is 10.2. The first-order chi connectivity index (χ1) is 14.3. The van der Waals surface area contributed by atoms with Crippen molar-refractivity contribution in [2.75, 3.05) is 0 Å². The summed E-state index contributed by atoms with van der Waals surface area (Å²) in [4.78, 5) is 17.7. The van der Waals surface area contributed by atoms with E-state index >= 15 is 0 Å². The summed E-state index contributed by atoms with van der Waals surface area (Å²) < 4.78 is 4.07. The average molecular weight is 385 g/mol. The summed E-state index contributed by atoms with van der Waals surface area (Å²) in [6.45, 7) is 3.28. The van der Waals surface area contributed by atoms with Crippen LogP contribution in [-0.2, 0) is 25.9 Å². The number of rotatable bonds is 5. The Labute approximate surface area is 169 Å². The number of imidazole rings is 1. The maximum Gasteiger partial charge on any atom is 0.272 e. The van der Waals surface area contributed by atoms with Gasteiger partial charge in [0.05, 0.1) is 23.3 Å². The van der Waals surface area contributed by atoms with Gasteiger partial charge in [-0.15, -0.1) is 0 Å². The van der Waals surface area contributed by atoms with Crippen LogP contribution in [0.1, 0.15) is 40.9 Å². The molecular weight excluding hydrogens is 362 g/mol. The number of aryl methyl sites for hydroxylation is 1. The van der Waals surface area contributed by atoms with E-state index in [0.717, 1.165) is 59.6 Å². The van der Waals surface area contributed by atoms with E-state index in [-0.39, 0.29) is 5.91 Å². The van der Waals surface area contributed by atoms with E-state index in [1.165, 1.54) is 0 Å². The largest absolute Gasteiger partial charge is 0.343 e. The number of benzene rings is 2. The number of fused-ring (bicyclic) bond motifs is 2. The Balaban J connectivity index is 1.43. The van der Waals surface area contributed by atoms with Gasteiger partial charge in [-0.1, -0.05) is 30.3 Å². The third kappa shape index (κ3) is 3.01. The van der Waals surface area contributed by atoms with Gasteiger partial charge >= 0.3 is 0 Å². The van der Waals surface area contributed by atoms with Crippen LogP contribution in [-0.4, -0.2) is 25.2 Å². The van der Waals surface area contributed by atoms with Crippen LogP contribution < -0.4 is 5.32 Å². The molecule has 1 amide bonds. The number of nitrogens with zero attached hydrogens (tertiary/aromatic N) is 4. The van der Waals surface area contributed by atoms with Gasteiger partial charge in [-0.2, -0.15) is 5.10 Å². The molecule has 146 valence electrons. The van der Waals surface area contributed by atoms with E-state index in [2.05, 4.69) is 28.0 Å². The minimum absolute atomic E-state index is 0.132. The molecule has 0 radical (unpaired) electrons. The fourth-order valence-corrected chi connectivity index (χ4v) is 4.26. The Hall–Kier alpha value is -3.41. The lowest BCUT2D eigenvalue weighted by Crippen LogP contribution is -2.26. The third-order valence-electron chi connectivity index (χ3n) is 5.60. The first-order valence-corrected chi connectivity index (χ1v) is 10.1. The van der Waals surface area contributed by atoms with E-state index in [4.69, 9.17) is 4.98 Å². The number of hydrogen-bond acceptors (Lipinski definition) is 3. The van der Waals surface area contributed by atoms with E-state index in [1.807, 2.05) is 53.2 Å². The maximum atomic E-state index is 13.0. The van der Waals surface area contributed by atoms with E-state index < -0.39 is 0 Å². The summed E-state index contributed by atoms with van der Waals surface area (Å²) >= 11 is 0. The van der Waals surface area contributed by atoms with Gasteiger partial charge in [-0.05, 0) is 50.5 Å². The van der Waals surface area contributed by atoms with Crippen LogP contribution in [0.25, 0.3) is 16.7 Å². The second-order valence-corrected chi connectivity index (χ2v) is 7.32.